The Balaban J connectivity index is 2.09. The Morgan fingerprint density at radius 2 is 2.38 bits per heavy atom. The van der Waals surface area contributed by atoms with Gasteiger partial charge in [-0.25, -0.2) is 13.1 Å². The molecule has 0 spiro atoms. The highest BCUT2D eigenvalue weighted by molar-refractivity contribution is 7.91. The predicted octanol–water partition coefficient (Wildman–Crippen LogP) is 0.797. The van der Waals surface area contributed by atoms with Crippen molar-refractivity contribution in [2.24, 2.45) is 0 Å². The molecule has 0 aliphatic heterocycles. The topological polar surface area (TPSA) is 98.2 Å². The number of nitrogens with two attached hydrogens (primary N) is 1. The molecule has 0 saturated heterocycles. The second kappa shape index (κ2) is 4.24. The van der Waals surface area contributed by atoms with E-state index in [1.165, 1.54) is 12.3 Å². The summed E-state index contributed by atoms with van der Waals surface area (Å²) in [4.78, 5) is 0. The number of nitrogens with one attached hydrogen (secondary N) is 1. The van der Waals surface area contributed by atoms with Crippen LogP contribution >= 0.6 is 11.3 Å². The first-order chi connectivity index (χ1) is 7.58. The van der Waals surface area contributed by atoms with Crippen LogP contribution in [-0.2, 0) is 16.6 Å². The van der Waals surface area contributed by atoms with Crippen LogP contribution in [0, 0.1) is 0 Å². The Labute approximate surface area is 96.1 Å². The summed E-state index contributed by atoms with van der Waals surface area (Å²) in [6, 6.07) is 3.00. The van der Waals surface area contributed by atoms with Crippen LogP contribution < -0.4 is 10.5 Å². The summed E-state index contributed by atoms with van der Waals surface area (Å²) in [5, 5.41) is 5.04. The van der Waals surface area contributed by atoms with Gasteiger partial charge in [-0.3, -0.25) is 0 Å². The molecule has 0 saturated carbocycles. The minimum absolute atomic E-state index is 0.0696. The van der Waals surface area contributed by atoms with Crippen LogP contribution in [0.1, 0.15) is 5.76 Å². The normalized spacial score (nSPS) is 11.8. The third kappa shape index (κ3) is 2.40. The standard InChI is InChI=1S/C8H9N3O3S2/c9-6-3-8(15-5-6)16(12,13)11-4-7-1-2-10-14-7/h1-3,5,11H,4,9H2. The molecule has 0 atom stereocenters. The fourth-order valence-electron chi connectivity index (χ4n) is 1.04. The molecule has 8 heteroatoms. The largest absolute Gasteiger partial charge is 0.398 e. The number of nitrogens with zero attached hydrogens (tertiary/aromatic N) is 1. The lowest BCUT2D eigenvalue weighted by Crippen LogP contribution is -2.22. The highest BCUT2D eigenvalue weighted by Crippen LogP contribution is 2.21. The zero-order valence-electron chi connectivity index (χ0n) is 8.08. The van der Waals surface area contributed by atoms with Crippen molar-refractivity contribution < 1.29 is 12.9 Å². The minimum Gasteiger partial charge on any atom is -0.398 e. The molecule has 0 aliphatic rings. The summed E-state index contributed by atoms with van der Waals surface area (Å²) in [5.74, 6) is 0.452. The van der Waals surface area contributed by atoms with Crippen LogP contribution in [0.15, 0.2) is 32.4 Å². The molecule has 6 nitrogen and oxygen atoms in total. The van der Waals surface area contributed by atoms with Gasteiger partial charge in [0.15, 0.2) is 5.76 Å². The lowest BCUT2D eigenvalue weighted by molar-refractivity contribution is 0.380. The maximum absolute atomic E-state index is 11.7. The number of nitrogen functional groups attached to an aromatic ring is 1. The van der Waals surface area contributed by atoms with E-state index in [1.54, 1.807) is 11.4 Å². The molecule has 0 fully saturated rings. The van der Waals surface area contributed by atoms with Gasteiger partial charge in [0.1, 0.15) is 4.21 Å². The second-order valence-corrected chi connectivity index (χ2v) is 5.91. The van der Waals surface area contributed by atoms with Crippen molar-refractivity contribution in [3.63, 3.8) is 0 Å². The molecule has 3 N–H and O–H groups in total. The second-order valence-electron chi connectivity index (χ2n) is 3.00. The molecule has 16 heavy (non-hydrogen) atoms. The van der Waals surface area contributed by atoms with Crippen LogP contribution in [0.2, 0.25) is 0 Å². The van der Waals surface area contributed by atoms with Crippen molar-refractivity contribution >= 4 is 27.0 Å². The quantitative estimate of drug-likeness (QED) is 0.846. The monoisotopic (exact) mass is 259 g/mol. The van der Waals surface area contributed by atoms with Gasteiger partial charge in [-0.2, -0.15) is 0 Å². The number of sulfonamides is 1. The smallest absolute Gasteiger partial charge is 0.250 e. The Morgan fingerprint density at radius 1 is 1.56 bits per heavy atom. The summed E-state index contributed by atoms with van der Waals surface area (Å²) >= 11 is 1.07. The number of hydrogen-bond acceptors (Lipinski definition) is 6. The highest BCUT2D eigenvalue weighted by Gasteiger charge is 2.16. The van der Waals surface area contributed by atoms with E-state index in [2.05, 4.69) is 9.88 Å². The molecule has 2 rings (SSSR count). The Kier molecular flexibility index (Phi) is 2.95. The van der Waals surface area contributed by atoms with Crippen LogP contribution in [-0.4, -0.2) is 13.6 Å². The average molecular weight is 259 g/mol. The Morgan fingerprint density at radius 3 is 2.94 bits per heavy atom. The Hall–Kier alpha value is -1.38. The van der Waals surface area contributed by atoms with Gasteiger partial charge in [0.2, 0.25) is 0 Å². The fourth-order valence-corrected chi connectivity index (χ4v) is 3.16. The molecule has 2 heterocycles. The maximum atomic E-state index is 11.7. The van der Waals surface area contributed by atoms with Gasteiger partial charge in [0.25, 0.3) is 10.0 Å². The van der Waals surface area contributed by atoms with E-state index in [4.69, 9.17) is 10.3 Å². The first kappa shape index (κ1) is 11.1. The van der Waals surface area contributed by atoms with Crippen molar-refractivity contribution in [2.75, 3.05) is 5.73 Å². The van der Waals surface area contributed by atoms with E-state index >= 15 is 0 Å². The van der Waals surface area contributed by atoms with Crippen molar-refractivity contribution in [1.82, 2.24) is 9.88 Å². The van der Waals surface area contributed by atoms with Gasteiger partial charge < -0.3 is 10.3 Å². The highest BCUT2D eigenvalue weighted by atomic mass is 32.2. The molecular formula is C8H9N3O3S2. The summed E-state index contributed by atoms with van der Waals surface area (Å²) in [6.45, 7) is 0.0696. The van der Waals surface area contributed by atoms with Crippen LogP contribution in [0.5, 0.6) is 0 Å². The van der Waals surface area contributed by atoms with Gasteiger partial charge in [-0.15, -0.1) is 11.3 Å². The van der Waals surface area contributed by atoms with E-state index in [1.807, 2.05) is 0 Å². The fraction of sp³-hybridized carbons (Fsp3) is 0.125. The molecule has 0 amide bonds. The van der Waals surface area contributed by atoms with E-state index < -0.39 is 10.0 Å². The lowest BCUT2D eigenvalue weighted by Gasteiger charge is -2.01. The number of rotatable bonds is 4. The van der Waals surface area contributed by atoms with Gasteiger partial charge in [0, 0.05) is 17.1 Å². The van der Waals surface area contributed by atoms with Gasteiger partial charge >= 0.3 is 0 Å². The number of hydrogen-bond donors (Lipinski definition) is 2. The molecule has 0 aromatic carbocycles. The van der Waals surface area contributed by atoms with Crippen molar-refractivity contribution in [3.8, 4) is 0 Å². The maximum Gasteiger partial charge on any atom is 0.250 e. The molecule has 2 aromatic heterocycles. The number of anilines is 1. The van der Waals surface area contributed by atoms with Crippen LogP contribution in [0.3, 0.4) is 0 Å². The van der Waals surface area contributed by atoms with Crippen LogP contribution in [0.25, 0.3) is 0 Å². The first-order valence-electron chi connectivity index (χ1n) is 4.31. The summed E-state index contributed by atoms with van der Waals surface area (Å²) in [7, 11) is -3.51. The number of thiophene rings is 1. The van der Waals surface area contributed by atoms with E-state index in [0.29, 0.717) is 11.4 Å². The third-order valence-corrected chi connectivity index (χ3v) is 4.65. The van der Waals surface area contributed by atoms with Crippen molar-refractivity contribution in [2.45, 2.75) is 10.8 Å². The zero-order chi connectivity index (χ0) is 11.6. The summed E-state index contributed by atoms with van der Waals surface area (Å²) in [5.41, 5.74) is 5.89. The molecule has 86 valence electrons. The van der Waals surface area contributed by atoms with E-state index in [9.17, 15) is 8.42 Å². The predicted molar refractivity (Wildman–Crippen MR) is 59.3 cm³/mol. The summed E-state index contributed by atoms with van der Waals surface area (Å²) < 4.78 is 30.8. The number of aromatic nitrogens is 1. The van der Waals surface area contributed by atoms with Crippen molar-refractivity contribution in [1.29, 1.82) is 0 Å². The van der Waals surface area contributed by atoms with E-state index in [-0.39, 0.29) is 10.8 Å². The van der Waals surface area contributed by atoms with Gasteiger partial charge in [-0.05, 0) is 6.07 Å². The van der Waals surface area contributed by atoms with Crippen molar-refractivity contribution in [3.05, 3.63) is 29.5 Å². The molecule has 0 aliphatic carbocycles. The molecular weight excluding hydrogens is 250 g/mol. The van der Waals surface area contributed by atoms with Gasteiger partial charge in [-0.1, -0.05) is 5.16 Å². The molecule has 0 radical (unpaired) electrons. The lowest BCUT2D eigenvalue weighted by atomic mass is 10.5. The first-order valence-corrected chi connectivity index (χ1v) is 6.67. The van der Waals surface area contributed by atoms with E-state index in [0.717, 1.165) is 11.3 Å². The molecule has 2 aromatic rings. The summed E-state index contributed by atoms with van der Waals surface area (Å²) in [6.07, 6.45) is 1.45. The molecule has 0 bridgehead atoms. The van der Waals surface area contributed by atoms with Gasteiger partial charge in [0.05, 0.1) is 12.7 Å². The Bertz CT molecular complexity index is 559. The average Bonchev–Trinajstić information content (AvgIpc) is 2.85. The van der Waals surface area contributed by atoms with Crippen LogP contribution in [0.4, 0.5) is 5.69 Å². The third-order valence-electron chi connectivity index (χ3n) is 1.79. The molecule has 0 unspecified atom stereocenters. The minimum atomic E-state index is -3.51. The SMILES string of the molecule is Nc1csc(S(=O)(=O)NCc2ccno2)c1. The zero-order valence-corrected chi connectivity index (χ0v) is 9.72.